The molecule has 2 heterocycles. The third-order valence-corrected chi connectivity index (χ3v) is 8.37. The van der Waals surface area contributed by atoms with Crippen LogP contribution in [-0.2, 0) is 0 Å². The molecule has 0 aliphatic carbocycles. The molecule has 1 aromatic heterocycles. The smallest absolute Gasteiger partial charge is 0.199 e. The number of nitrogens with zero attached hydrogens (tertiary/aromatic N) is 3. The Bertz CT molecular complexity index is 2160. The Morgan fingerprint density at radius 3 is 1.77 bits per heavy atom. The van der Waals surface area contributed by atoms with E-state index in [1.165, 1.54) is 21.9 Å². The molecule has 0 spiro atoms. The van der Waals surface area contributed by atoms with Crippen LogP contribution in [0, 0.1) is 0 Å². The second-order valence-corrected chi connectivity index (χ2v) is 11.2. The molecule has 7 aromatic rings. The van der Waals surface area contributed by atoms with Gasteiger partial charge in [-0.05, 0) is 64.2 Å². The summed E-state index contributed by atoms with van der Waals surface area (Å²) in [7, 11) is 0. The van der Waals surface area contributed by atoms with Gasteiger partial charge >= 0.3 is 0 Å². The molecule has 6 aromatic carbocycles. The molecule has 44 heavy (non-hydrogen) atoms. The van der Waals surface area contributed by atoms with E-state index in [4.69, 9.17) is 16.6 Å². The van der Waals surface area contributed by atoms with E-state index >= 15 is 0 Å². The van der Waals surface area contributed by atoms with Crippen LogP contribution in [0.15, 0.2) is 162 Å². The number of rotatable bonds is 5. The fraction of sp³-hybridized carbons (Fsp3) is 0.0256. The van der Waals surface area contributed by atoms with E-state index < -0.39 is 6.17 Å². The molecule has 5 heteroatoms. The predicted molar refractivity (Wildman–Crippen MR) is 184 cm³/mol. The third-order valence-electron chi connectivity index (χ3n) is 8.18. The van der Waals surface area contributed by atoms with Crippen molar-refractivity contribution in [3.05, 3.63) is 163 Å². The highest BCUT2D eigenvalue weighted by Crippen LogP contribution is 2.34. The lowest BCUT2D eigenvalue weighted by molar-refractivity contribution is 0.759. The average molecular weight is 587 g/mol. The maximum atomic E-state index is 6.56. The van der Waals surface area contributed by atoms with Gasteiger partial charge in [0, 0.05) is 27.6 Å². The van der Waals surface area contributed by atoms with Crippen molar-refractivity contribution >= 4 is 44.5 Å². The van der Waals surface area contributed by atoms with Crippen molar-refractivity contribution in [3.8, 4) is 27.9 Å². The van der Waals surface area contributed by atoms with Gasteiger partial charge in [0.2, 0.25) is 0 Å². The zero-order valence-corrected chi connectivity index (χ0v) is 24.5. The fourth-order valence-electron chi connectivity index (χ4n) is 6.07. The summed E-state index contributed by atoms with van der Waals surface area (Å²) in [5.74, 6) is 0.696. The van der Waals surface area contributed by atoms with Crippen LogP contribution in [-0.4, -0.2) is 15.7 Å². The van der Waals surface area contributed by atoms with Crippen LogP contribution in [0.4, 0.5) is 0 Å². The van der Waals surface area contributed by atoms with Gasteiger partial charge in [-0.2, -0.15) is 0 Å². The Kier molecular flexibility index (Phi) is 6.55. The number of aliphatic imine (C=N–C) groups is 2. The predicted octanol–water partition coefficient (Wildman–Crippen LogP) is 9.76. The summed E-state index contributed by atoms with van der Waals surface area (Å²) in [6.07, 6.45) is -0.464. The third kappa shape index (κ3) is 4.76. The number of fused-ring (bicyclic) bond motifs is 3. The molecule has 210 valence electrons. The van der Waals surface area contributed by atoms with Crippen LogP contribution in [0.5, 0.6) is 0 Å². The summed E-state index contributed by atoms with van der Waals surface area (Å²) < 4.78 is 2.30. The Hall–Kier alpha value is -5.45. The van der Waals surface area contributed by atoms with E-state index in [9.17, 15) is 0 Å². The molecule has 1 N–H and O–H groups in total. The van der Waals surface area contributed by atoms with E-state index in [2.05, 4.69) is 160 Å². The van der Waals surface area contributed by atoms with Crippen molar-refractivity contribution in [2.45, 2.75) is 6.17 Å². The van der Waals surface area contributed by atoms with Crippen molar-refractivity contribution in [2.75, 3.05) is 0 Å². The molecule has 0 amide bonds. The standard InChI is InChI=1S/C39H27ClN4/c40-39-42-37(28-22-20-27(21-23-28)30-13-8-12-29(24-30)26-10-2-1-3-11-26)41-38(43-39)31-14-9-15-32(25-31)44-35-18-6-4-16-33(35)34-17-5-7-19-36(34)44/h1-25,38H,(H,41,42,43). The highest BCUT2D eigenvalue weighted by molar-refractivity contribution is 6.66. The minimum absolute atomic E-state index is 0.321. The van der Waals surface area contributed by atoms with Crippen molar-refractivity contribution in [1.29, 1.82) is 0 Å². The van der Waals surface area contributed by atoms with E-state index in [1.807, 2.05) is 6.07 Å². The quantitative estimate of drug-likeness (QED) is 0.200. The van der Waals surface area contributed by atoms with Crippen LogP contribution >= 0.6 is 11.6 Å². The Morgan fingerprint density at radius 2 is 1.07 bits per heavy atom. The number of benzene rings is 6. The summed E-state index contributed by atoms with van der Waals surface area (Å²) in [5.41, 5.74) is 10.00. The number of nitrogens with one attached hydrogen (secondary N) is 1. The molecule has 0 bridgehead atoms. The van der Waals surface area contributed by atoms with Gasteiger partial charge in [-0.1, -0.05) is 121 Å². The average Bonchev–Trinajstić information content (AvgIpc) is 3.43. The summed E-state index contributed by atoms with van der Waals surface area (Å²) in [5, 5.41) is 5.95. The second kappa shape index (κ2) is 11.0. The first kappa shape index (κ1) is 26.2. The van der Waals surface area contributed by atoms with E-state index in [0.29, 0.717) is 11.1 Å². The zero-order valence-electron chi connectivity index (χ0n) is 23.7. The van der Waals surface area contributed by atoms with Gasteiger partial charge in [0.15, 0.2) is 11.5 Å². The normalized spacial score (nSPS) is 14.7. The highest BCUT2D eigenvalue weighted by Gasteiger charge is 2.20. The van der Waals surface area contributed by atoms with E-state index in [-0.39, 0.29) is 0 Å². The van der Waals surface area contributed by atoms with Gasteiger partial charge in [0.05, 0.1) is 11.0 Å². The second-order valence-electron chi connectivity index (χ2n) is 10.9. The molecule has 1 aliphatic rings. The molecule has 0 fully saturated rings. The number of para-hydroxylation sites is 2. The van der Waals surface area contributed by atoms with Crippen LogP contribution < -0.4 is 5.32 Å². The molecular weight excluding hydrogens is 560 g/mol. The lowest BCUT2D eigenvalue weighted by Crippen LogP contribution is -2.32. The van der Waals surface area contributed by atoms with Gasteiger partial charge in [0.25, 0.3) is 0 Å². The molecule has 0 saturated carbocycles. The zero-order chi connectivity index (χ0) is 29.5. The maximum Gasteiger partial charge on any atom is 0.199 e. The lowest BCUT2D eigenvalue weighted by Gasteiger charge is -2.20. The molecule has 1 atom stereocenters. The molecule has 0 radical (unpaired) electrons. The molecule has 1 aliphatic heterocycles. The fourth-order valence-corrected chi connectivity index (χ4v) is 6.25. The van der Waals surface area contributed by atoms with Crippen LogP contribution in [0.3, 0.4) is 0 Å². The molecule has 0 saturated heterocycles. The van der Waals surface area contributed by atoms with E-state index in [0.717, 1.165) is 39.0 Å². The topological polar surface area (TPSA) is 41.7 Å². The summed E-state index contributed by atoms with van der Waals surface area (Å²) in [6.45, 7) is 0. The van der Waals surface area contributed by atoms with Gasteiger partial charge in [-0.15, -0.1) is 0 Å². The van der Waals surface area contributed by atoms with Crippen molar-refractivity contribution in [3.63, 3.8) is 0 Å². The van der Waals surface area contributed by atoms with E-state index in [1.54, 1.807) is 0 Å². The summed E-state index contributed by atoms with van der Waals surface area (Å²) >= 11 is 6.56. The number of hydrogen-bond acceptors (Lipinski definition) is 3. The Morgan fingerprint density at radius 1 is 0.500 bits per heavy atom. The number of amidine groups is 2. The minimum atomic E-state index is -0.464. The van der Waals surface area contributed by atoms with Gasteiger partial charge in [0.1, 0.15) is 5.84 Å². The first-order valence-corrected chi connectivity index (χ1v) is 15.0. The van der Waals surface area contributed by atoms with Crippen LogP contribution in [0.25, 0.3) is 49.7 Å². The van der Waals surface area contributed by atoms with Gasteiger partial charge < -0.3 is 9.88 Å². The Balaban J connectivity index is 1.12. The van der Waals surface area contributed by atoms with Crippen molar-refractivity contribution in [2.24, 2.45) is 9.98 Å². The highest BCUT2D eigenvalue weighted by atomic mass is 35.5. The van der Waals surface area contributed by atoms with Crippen LogP contribution in [0.2, 0.25) is 0 Å². The number of hydrogen-bond donors (Lipinski definition) is 1. The number of halogens is 1. The maximum absolute atomic E-state index is 6.56. The molecule has 1 unspecified atom stereocenters. The Labute approximate surface area is 260 Å². The van der Waals surface area contributed by atoms with Gasteiger partial charge in [-0.3, -0.25) is 0 Å². The largest absolute Gasteiger partial charge is 0.315 e. The molecule has 8 rings (SSSR count). The molecule has 4 nitrogen and oxygen atoms in total. The summed E-state index contributed by atoms with van der Waals surface area (Å²) in [6, 6.07) is 52.9. The SMILES string of the molecule is ClC1=NC(c2cccc(-n3c4ccccc4c4ccccc43)c2)N=C(c2ccc(-c3cccc(-c4ccccc4)c3)cc2)N1. The van der Waals surface area contributed by atoms with Crippen molar-refractivity contribution in [1.82, 2.24) is 9.88 Å². The lowest BCUT2D eigenvalue weighted by atomic mass is 9.98. The van der Waals surface area contributed by atoms with Gasteiger partial charge in [-0.25, -0.2) is 9.98 Å². The summed E-state index contributed by atoms with van der Waals surface area (Å²) in [4.78, 5) is 9.65. The first-order chi connectivity index (χ1) is 21.7. The monoisotopic (exact) mass is 586 g/mol. The minimum Gasteiger partial charge on any atom is -0.315 e. The molecular formula is C39H27ClN4. The number of aromatic nitrogens is 1. The van der Waals surface area contributed by atoms with Crippen molar-refractivity contribution < 1.29 is 0 Å². The first-order valence-electron chi connectivity index (χ1n) is 14.6. The van der Waals surface area contributed by atoms with Crippen LogP contribution in [0.1, 0.15) is 17.3 Å².